The van der Waals surface area contributed by atoms with E-state index in [0.717, 1.165) is 19.3 Å². The molecule has 0 saturated heterocycles. The molecule has 1 rings (SSSR count). The second-order valence-corrected chi connectivity index (χ2v) is 6.07. The second-order valence-electron chi connectivity index (χ2n) is 6.07. The van der Waals surface area contributed by atoms with Gasteiger partial charge < -0.3 is 11.1 Å². The lowest BCUT2D eigenvalue weighted by Crippen LogP contribution is -2.58. The van der Waals surface area contributed by atoms with Crippen LogP contribution in [0.15, 0.2) is 0 Å². The molecule has 1 aliphatic carbocycles. The standard InChI is InChI=1S/C14H28N2O/c1-5-14(8-6-7-9-14)12(17)16-13(4,10-15)11(2)3/h11H,5-10,15H2,1-4H3,(H,16,17). The third-order valence-corrected chi connectivity index (χ3v) is 4.82. The molecule has 1 atom stereocenters. The number of rotatable bonds is 5. The molecule has 1 saturated carbocycles. The van der Waals surface area contributed by atoms with Gasteiger partial charge >= 0.3 is 0 Å². The lowest BCUT2D eigenvalue weighted by atomic mass is 9.80. The highest BCUT2D eigenvalue weighted by atomic mass is 16.2. The van der Waals surface area contributed by atoms with Crippen molar-refractivity contribution in [2.75, 3.05) is 6.54 Å². The van der Waals surface area contributed by atoms with E-state index in [2.05, 4.69) is 26.1 Å². The van der Waals surface area contributed by atoms with Gasteiger partial charge in [0.05, 0.1) is 5.54 Å². The van der Waals surface area contributed by atoms with Crippen LogP contribution in [0.1, 0.15) is 59.8 Å². The first kappa shape index (κ1) is 14.5. The Morgan fingerprint density at radius 2 is 1.94 bits per heavy atom. The molecule has 0 aliphatic heterocycles. The molecular weight excluding hydrogens is 212 g/mol. The van der Waals surface area contributed by atoms with E-state index in [4.69, 9.17) is 5.73 Å². The number of hydrogen-bond acceptors (Lipinski definition) is 2. The first-order valence-corrected chi connectivity index (χ1v) is 6.93. The smallest absolute Gasteiger partial charge is 0.226 e. The Labute approximate surface area is 106 Å². The molecule has 1 fully saturated rings. The van der Waals surface area contributed by atoms with Gasteiger partial charge in [0.15, 0.2) is 0 Å². The molecule has 100 valence electrons. The van der Waals surface area contributed by atoms with Crippen molar-refractivity contribution in [3.63, 3.8) is 0 Å². The van der Waals surface area contributed by atoms with Crippen molar-refractivity contribution in [3.8, 4) is 0 Å². The summed E-state index contributed by atoms with van der Waals surface area (Å²) in [6, 6.07) is 0. The number of amides is 1. The largest absolute Gasteiger partial charge is 0.349 e. The number of carbonyl (C=O) groups excluding carboxylic acids is 1. The van der Waals surface area contributed by atoms with Crippen molar-refractivity contribution in [1.82, 2.24) is 5.32 Å². The molecule has 1 unspecified atom stereocenters. The minimum atomic E-state index is -0.276. The van der Waals surface area contributed by atoms with Gasteiger partial charge in [-0.05, 0) is 32.1 Å². The first-order chi connectivity index (χ1) is 7.90. The molecule has 0 spiro atoms. The van der Waals surface area contributed by atoms with E-state index in [9.17, 15) is 4.79 Å². The summed E-state index contributed by atoms with van der Waals surface area (Å²) in [7, 11) is 0. The fourth-order valence-corrected chi connectivity index (χ4v) is 2.62. The summed E-state index contributed by atoms with van der Waals surface area (Å²) in [5, 5.41) is 3.21. The van der Waals surface area contributed by atoms with E-state index in [1.54, 1.807) is 0 Å². The van der Waals surface area contributed by atoms with Gasteiger partial charge in [-0.25, -0.2) is 0 Å². The maximum atomic E-state index is 12.5. The lowest BCUT2D eigenvalue weighted by molar-refractivity contribution is -0.133. The third-order valence-electron chi connectivity index (χ3n) is 4.82. The number of carbonyl (C=O) groups is 1. The van der Waals surface area contributed by atoms with Crippen LogP contribution < -0.4 is 11.1 Å². The van der Waals surface area contributed by atoms with E-state index < -0.39 is 0 Å². The average molecular weight is 240 g/mol. The Bertz CT molecular complexity index is 269. The van der Waals surface area contributed by atoms with Crippen molar-refractivity contribution in [2.24, 2.45) is 17.1 Å². The van der Waals surface area contributed by atoms with Crippen molar-refractivity contribution in [1.29, 1.82) is 0 Å². The average Bonchev–Trinajstić information content (AvgIpc) is 2.78. The molecule has 0 heterocycles. The molecule has 3 heteroatoms. The van der Waals surface area contributed by atoms with Gasteiger partial charge in [0, 0.05) is 12.0 Å². The Hall–Kier alpha value is -0.570. The predicted octanol–water partition coefficient (Wildman–Crippen LogP) is 2.45. The fourth-order valence-electron chi connectivity index (χ4n) is 2.62. The Morgan fingerprint density at radius 3 is 2.29 bits per heavy atom. The van der Waals surface area contributed by atoms with Crippen LogP contribution in [-0.2, 0) is 4.79 Å². The van der Waals surface area contributed by atoms with Crippen LogP contribution >= 0.6 is 0 Å². The maximum Gasteiger partial charge on any atom is 0.226 e. The van der Waals surface area contributed by atoms with Gasteiger partial charge in [0.1, 0.15) is 0 Å². The van der Waals surface area contributed by atoms with Crippen LogP contribution in [0.2, 0.25) is 0 Å². The Morgan fingerprint density at radius 1 is 1.41 bits per heavy atom. The van der Waals surface area contributed by atoms with Crippen molar-refractivity contribution >= 4 is 5.91 Å². The fraction of sp³-hybridized carbons (Fsp3) is 0.929. The van der Waals surface area contributed by atoms with Crippen molar-refractivity contribution in [3.05, 3.63) is 0 Å². The monoisotopic (exact) mass is 240 g/mol. The van der Waals surface area contributed by atoms with E-state index in [1.807, 2.05) is 6.92 Å². The molecule has 0 bridgehead atoms. The van der Waals surface area contributed by atoms with Crippen LogP contribution in [0.3, 0.4) is 0 Å². The molecule has 0 aromatic rings. The number of nitrogens with two attached hydrogens (primary N) is 1. The minimum Gasteiger partial charge on any atom is -0.349 e. The summed E-state index contributed by atoms with van der Waals surface area (Å²) in [5.74, 6) is 0.575. The summed E-state index contributed by atoms with van der Waals surface area (Å²) in [4.78, 5) is 12.5. The highest BCUT2D eigenvalue weighted by Crippen LogP contribution is 2.41. The normalized spacial score (nSPS) is 22.5. The minimum absolute atomic E-state index is 0.120. The van der Waals surface area contributed by atoms with Gasteiger partial charge in [-0.2, -0.15) is 0 Å². The van der Waals surface area contributed by atoms with Gasteiger partial charge in [-0.1, -0.05) is 33.6 Å². The third kappa shape index (κ3) is 2.82. The predicted molar refractivity (Wildman–Crippen MR) is 71.6 cm³/mol. The molecule has 17 heavy (non-hydrogen) atoms. The molecular formula is C14H28N2O. The van der Waals surface area contributed by atoms with Crippen LogP contribution in [0, 0.1) is 11.3 Å². The van der Waals surface area contributed by atoms with E-state index in [-0.39, 0.29) is 16.9 Å². The van der Waals surface area contributed by atoms with E-state index in [1.165, 1.54) is 12.8 Å². The molecule has 1 amide bonds. The Kier molecular flexibility index (Phi) is 4.59. The molecule has 0 radical (unpaired) electrons. The van der Waals surface area contributed by atoms with Crippen LogP contribution in [-0.4, -0.2) is 18.0 Å². The van der Waals surface area contributed by atoms with Crippen LogP contribution in [0.25, 0.3) is 0 Å². The van der Waals surface area contributed by atoms with Gasteiger partial charge in [0.25, 0.3) is 0 Å². The molecule has 0 aromatic heterocycles. The summed E-state index contributed by atoms with van der Waals surface area (Å²) in [5.41, 5.74) is 5.43. The Balaban J connectivity index is 2.76. The highest BCUT2D eigenvalue weighted by Gasteiger charge is 2.42. The summed E-state index contributed by atoms with van der Waals surface area (Å²) < 4.78 is 0. The molecule has 1 aliphatic rings. The number of hydrogen-bond donors (Lipinski definition) is 2. The SMILES string of the molecule is CCC1(C(=O)NC(C)(CN)C(C)C)CCCC1. The number of nitrogens with one attached hydrogen (secondary N) is 1. The zero-order valence-corrected chi connectivity index (χ0v) is 11.8. The van der Waals surface area contributed by atoms with Gasteiger partial charge in [-0.3, -0.25) is 4.79 Å². The quantitative estimate of drug-likeness (QED) is 0.775. The van der Waals surface area contributed by atoms with Gasteiger partial charge in [0.2, 0.25) is 5.91 Å². The summed E-state index contributed by atoms with van der Waals surface area (Å²) in [6.07, 6.45) is 5.38. The topological polar surface area (TPSA) is 55.1 Å². The lowest BCUT2D eigenvalue weighted by Gasteiger charge is -2.38. The van der Waals surface area contributed by atoms with Crippen molar-refractivity contribution in [2.45, 2.75) is 65.3 Å². The van der Waals surface area contributed by atoms with Crippen LogP contribution in [0.4, 0.5) is 0 Å². The molecule has 3 nitrogen and oxygen atoms in total. The zero-order chi connectivity index (χ0) is 13.1. The van der Waals surface area contributed by atoms with Gasteiger partial charge in [-0.15, -0.1) is 0 Å². The molecule has 0 aromatic carbocycles. The zero-order valence-electron chi connectivity index (χ0n) is 11.8. The van der Waals surface area contributed by atoms with E-state index >= 15 is 0 Å². The summed E-state index contributed by atoms with van der Waals surface area (Å²) in [6.45, 7) is 8.89. The molecule has 3 N–H and O–H groups in total. The van der Waals surface area contributed by atoms with E-state index in [0.29, 0.717) is 12.5 Å². The first-order valence-electron chi connectivity index (χ1n) is 6.93. The van der Waals surface area contributed by atoms with Crippen molar-refractivity contribution < 1.29 is 4.79 Å². The maximum absolute atomic E-state index is 12.5. The second kappa shape index (κ2) is 5.38. The summed E-state index contributed by atoms with van der Waals surface area (Å²) >= 11 is 0. The van der Waals surface area contributed by atoms with Crippen LogP contribution in [0.5, 0.6) is 0 Å². The highest BCUT2D eigenvalue weighted by molar-refractivity contribution is 5.83.